The van der Waals surface area contributed by atoms with Crippen molar-refractivity contribution >= 4 is 12.4 Å². The largest absolute Gasteiger partial charge is 0.493 e. The van der Waals surface area contributed by atoms with Crippen LogP contribution >= 0.6 is 0 Å². The van der Waals surface area contributed by atoms with Crippen molar-refractivity contribution < 1.29 is 14.2 Å². The van der Waals surface area contributed by atoms with E-state index in [0.29, 0.717) is 19.8 Å². The Bertz CT molecular complexity index is 987. The molecule has 0 aliphatic rings. The number of benzene rings is 3. The fourth-order valence-electron chi connectivity index (χ4n) is 3.23. The van der Waals surface area contributed by atoms with Gasteiger partial charge in [0.1, 0.15) is 17.2 Å². The number of aliphatic imine (C=N–C) groups is 2. The van der Waals surface area contributed by atoms with E-state index < -0.39 is 6.17 Å². The summed E-state index contributed by atoms with van der Waals surface area (Å²) in [6.07, 6.45) is 3.14. The van der Waals surface area contributed by atoms with Crippen LogP contribution in [0.2, 0.25) is 0 Å². The van der Waals surface area contributed by atoms with E-state index in [2.05, 4.69) is 0 Å². The van der Waals surface area contributed by atoms with Crippen molar-refractivity contribution in [1.82, 2.24) is 0 Å². The predicted molar refractivity (Wildman–Crippen MR) is 131 cm³/mol. The van der Waals surface area contributed by atoms with E-state index in [4.69, 9.17) is 24.2 Å². The van der Waals surface area contributed by atoms with Gasteiger partial charge in [0, 0.05) is 29.1 Å². The van der Waals surface area contributed by atoms with Gasteiger partial charge < -0.3 is 14.2 Å². The molecule has 5 heteroatoms. The summed E-state index contributed by atoms with van der Waals surface area (Å²) in [5.74, 6) is 2.35. The van der Waals surface area contributed by atoms with Crippen molar-refractivity contribution in [2.45, 2.75) is 26.9 Å². The zero-order valence-electron chi connectivity index (χ0n) is 18.9. The van der Waals surface area contributed by atoms with Gasteiger partial charge in [-0.25, -0.2) is 0 Å². The normalized spacial score (nSPS) is 11.4. The number of para-hydroxylation sites is 3. The molecule has 3 aromatic carbocycles. The van der Waals surface area contributed by atoms with E-state index in [-0.39, 0.29) is 0 Å². The van der Waals surface area contributed by atoms with Crippen molar-refractivity contribution in [3.63, 3.8) is 0 Å². The Morgan fingerprint density at radius 3 is 1.50 bits per heavy atom. The molecule has 3 aromatic rings. The Kier molecular flexibility index (Phi) is 8.87. The van der Waals surface area contributed by atoms with Crippen molar-refractivity contribution in [2.75, 3.05) is 19.8 Å². The second kappa shape index (κ2) is 12.3. The lowest BCUT2D eigenvalue weighted by atomic mass is 10.1. The highest BCUT2D eigenvalue weighted by molar-refractivity contribution is 5.85. The smallest absolute Gasteiger partial charge is 0.168 e. The van der Waals surface area contributed by atoms with Crippen LogP contribution in [0.4, 0.5) is 0 Å². The molecule has 0 aromatic heterocycles. The molecule has 166 valence electrons. The SMILES string of the molecule is CCOc1ccccc1/C=N/C(/N=C/c1ccccc1OCC)c1ccccc1OCC. The molecule has 0 radical (unpaired) electrons. The van der Waals surface area contributed by atoms with Crippen LogP contribution in [0.1, 0.15) is 43.6 Å². The standard InChI is InChI=1S/C27H30N2O3/c1-4-30-24-16-10-7-13-21(24)19-28-27(23-15-9-12-18-26(23)32-6-3)29-20-22-14-8-11-17-25(22)31-5-2/h7-20,27H,4-6H2,1-3H3/b28-19+,29-20+. The summed E-state index contributed by atoms with van der Waals surface area (Å²) in [4.78, 5) is 9.63. The first-order valence-electron chi connectivity index (χ1n) is 11.0. The number of ether oxygens (including phenoxy) is 3. The fourth-order valence-corrected chi connectivity index (χ4v) is 3.23. The number of rotatable bonds is 11. The first-order valence-corrected chi connectivity index (χ1v) is 11.0. The third-order valence-corrected chi connectivity index (χ3v) is 4.64. The van der Waals surface area contributed by atoms with Crippen LogP contribution in [-0.2, 0) is 0 Å². The zero-order valence-corrected chi connectivity index (χ0v) is 18.9. The van der Waals surface area contributed by atoms with Gasteiger partial charge in [0.2, 0.25) is 0 Å². The van der Waals surface area contributed by atoms with Gasteiger partial charge in [-0.15, -0.1) is 0 Å². The summed E-state index contributed by atoms with van der Waals surface area (Å²) in [6, 6.07) is 23.5. The molecule has 0 atom stereocenters. The van der Waals surface area contributed by atoms with Crippen LogP contribution in [0, 0.1) is 0 Å². The average Bonchev–Trinajstić information content (AvgIpc) is 2.82. The molecule has 0 aliphatic carbocycles. The van der Waals surface area contributed by atoms with E-state index in [0.717, 1.165) is 33.9 Å². The molecule has 0 saturated carbocycles. The van der Waals surface area contributed by atoms with Crippen LogP contribution < -0.4 is 14.2 Å². The summed E-state index contributed by atoms with van der Waals surface area (Å²) in [5.41, 5.74) is 2.70. The molecular weight excluding hydrogens is 400 g/mol. The first-order chi connectivity index (χ1) is 15.8. The monoisotopic (exact) mass is 430 g/mol. The van der Waals surface area contributed by atoms with Crippen LogP contribution in [0.3, 0.4) is 0 Å². The Hall–Kier alpha value is -3.60. The van der Waals surface area contributed by atoms with E-state index in [1.165, 1.54) is 0 Å². The molecule has 5 nitrogen and oxygen atoms in total. The molecular formula is C27H30N2O3. The quantitative estimate of drug-likeness (QED) is 0.344. The van der Waals surface area contributed by atoms with Crippen molar-refractivity contribution in [1.29, 1.82) is 0 Å². The van der Waals surface area contributed by atoms with Crippen LogP contribution in [0.15, 0.2) is 82.8 Å². The Balaban J connectivity index is 2.00. The second-order valence-electron chi connectivity index (χ2n) is 6.84. The Morgan fingerprint density at radius 1 is 0.594 bits per heavy atom. The molecule has 0 amide bonds. The maximum atomic E-state index is 5.85. The molecule has 0 fully saturated rings. The highest BCUT2D eigenvalue weighted by Gasteiger charge is 2.14. The minimum absolute atomic E-state index is 0.484. The van der Waals surface area contributed by atoms with Gasteiger partial charge in [-0.2, -0.15) is 0 Å². The van der Waals surface area contributed by atoms with Gasteiger partial charge in [-0.3, -0.25) is 9.98 Å². The van der Waals surface area contributed by atoms with Crippen LogP contribution in [-0.4, -0.2) is 32.2 Å². The van der Waals surface area contributed by atoms with Crippen molar-refractivity contribution in [2.24, 2.45) is 9.98 Å². The lowest BCUT2D eigenvalue weighted by molar-refractivity contribution is 0.334. The van der Waals surface area contributed by atoms with Crippen LogP contribution in [0.25, 0.3) is 0 Å². The molecule has 0 spiro atoms. The molecule has 0 saturated heterocycles. The summed E-state index contributed by atoms with van der Waals surface area (Å²) in [7, 11) is 0. The number of hydrogen-bond acceptors (Lipinski definition) is 5. The number of nitrogens with zero attached hydrogens (tertiary/aromatic N) is 2. The summed E-state index contributed by atoms with van der Waals surface area (Å²) in [6.45, 7) is 7.65. The summed E-state index contributed by atoms with van der Waals surface area (Å²) >= 11 is 0. The lowest BCUT2D eigenvalue weighted by Crippen LogP contribution is -2.02. The van der Waals surface area contributed by atoms with Gasteiger partial charge in [0.25, 0.3) is 0 Å². The number of hydrogen-bond donors (Lipinski definition) is 0. The predicted octanol–water partition coefficient (Wildman–Crippen LogP) is 6.12. The fraction of sp³-hybridized carbons (Fsp3) is 0.259. The van der Waals surface area contributed by atoms with Gasteiger partial charge >= 0.3 is 0 Å². The second-order valence-corrected chi connectivity index (χ2v) is 6.84. The summed E-state index contributed by atoms with van der Waals surface area (Å²) in [5, 5.41) is 0. The van der Waals surface area contributed by atoms with E-state index >= 15 is 0 Å². The average molecular weight is 431 g/mol. The third kappa shape index (κ3) is 6.20. The maximum Gasteiger partial charge on any atom is 0.168 e. The molecule has 0 unspecified atom stereocenters. The van der Waals surface area contributed by atoms with Gasteiger partial charge in [-0.05, 0) is 51.1 Å². The Labute approximate surface area is 190 Å². The van der Waals surface area contributed by atoms with Crippen LogP contribution in [0.5, 0.6) is 17.2 Å². The van der Waals surface area contributed by atoms with Crippen molar-refractivity contribution in [3.8, 4) is 17.2 Å². The first kappa shape index (κ1) is 23.1. The van der Waals surface area contributed by atoms with Crippen molar-refractivity contribution in [3.05, 3.63) is 89.5 Å². The van der Waals surface area contributed by atoms with E-state index in [1.54, 1.807) is 0 Å². The highest BCUT2D eigenvalue weighted by atomic mass is 16.5. The lowest BCUT2D eigenvalue weighted by Gasteiger charge is -2.14. The van der Waals surface area contributed by atoms with Gasteiger partial charge in [-0.1, -0.05) is 42.5 Å². The molecule has 32 heavy (non-hydrogen) atoms. The minimum atomic E-state index is -0.484. The molecule has 0 bridgehead atoms. The highest BCUT2D eigenvalue weighted by Crippen LogP contribution is 2.30. The van der Waals surface area contributed by atoms with Gasteiger partial charge in [0.15, 0.2) is 6.17 Å². The zero-order chi connectivity index (χ0) is 22.6. The molecule has 0 aliphatic heterocycles. The Morgan fingerprint density at radius 2 is 1.00 bits per heavy atom. The minimum Gasteiger partial charge on any atom is -0.493 e. The molecule has 0 heterocycles. The molecule has 0 N–H and O–H groups in total. The van der Waals surface area contributed by atoms with E-state index in [1.807, 2.05) is 106 Å². The molecule has 3 rings (SSSR count). The summed E-state index contributed by atoms with van der Waals surface area (Å²) < 4.78 is 17.3. The third-order valence-electron chi connectivity index (χ3n) is 4.64. The van der Waals surface area contributed by atoms with E-state index in [9.17, 15) is 0 Å². The topological polar surface area (TPSA) is 52.4 Å². The van der Waals surface area contributed by atoms with Gasteiger partial charge in [0.05, 0.1) is 19.8 Å². The maximum absolute atomic E-state index is 5.85.